The fourth-order valence-electron chi connectivity index (χ4n) is 2.68. The summed E-state index contributed by atoms with van der Waals surface area (Å²) in [5.41, 5.74) is 4.59. The lowest BCUT2D eigenvalue weighted by molar-refractivity contribution is 0.620. The van der Waals surface area contributed by atoms with E-state index < -0.39 is 0 Å². The molecule has 0 aliphatic carbocycles. The second kappa shape index (κ2) is 5.45. The summed E-state index contributed by atoms with van der Waals surface area (Å²) in [5.74, 6) is -0.215. The maximum Gasteiger partial charge on any atom is 0.182 e. The highest BCUT2D eigenvalue weighted by Gasteiger charge is 2.11. The van der Waals surface area contributed by atoms with E-state index in [1.54, 1.807) is 6.92 Å². The SMILES string of the molecule is CCCc1ccccc1-n1c(=S)[nH]c2cc(F)c(C)cc21. The van der Waals surface area contributed by atoms with Crippen molar-refractivity contribution in [2.45, 2.75) is 26.7 Å². The molecule has 1 heterocycles. The number of aromatic nitrogens is 2. The van der Waals surface area contributed by atoms with Crippen LogP contribution in [0.3, 0.4) is 0 Å². The van der Waals surface area contributed by atoms with Crippen molar-refractivity contribution in [1.82, 2.24) is 9.55 Å². The fraction of sp³-hybridized carbons (Fsp3) is 0.235. The third-order valence-electron chi connectivity index (χ3n) is 3.71. The fourth-order valence-corrected chi connectivity index (χ4v) is 2.99. The predicted octanol–water partition coefficient (Wildman–Crippen LogP) is 5.09. The number of hydrogen-bond donors (Lipinski definition) is 1. The second-order valence-corrected chi connectivity index (χ2v) is 5.65. The van der Waals surface area contributed by atoms with Gasteiger partial charge in [0.15, 0.2) is 4.77 Å². The van der Waals surface area contributed by atoms with Crippen LogP contribution in [0.4, 0.5) is 4.39 Å². The molecule has 0 saturated heterocycles. The Labute approximate surface area is 128 Å². The van der Waals surface area contributed by atoms with E-state index in [-0.39, 0.29) is 5.82 Å². The summed E-state index contributed by atoms with van der Waals surface area (Å²) < 4.78 is 16.3. The van der Waals surface area contributed by atoms with Gasteiger partial charge in [-0.1, -0.05) is 31.5 Å². The van der Waals surface area contributed by atoms with Crippen LogP contribution in [0.25, 0.3) is 16.7 Å². The summed E-state index contributed by atoms with van der Waals surface area (Å²) in [6, 6.07) is 11.6. The Balaban J connectivity index is 2.33. The standard InChI is InChI=1S/C17H17FN2S/c1-3-6-12-7-4-5-8-15(12)20-16-9-11(2)13(18)10-14(16)19-17(20)21/h4-5,7-10H,3,6H2,1-2H3,(H,19,21). The molecule has 1 aromatic heterocycles. The molecule has 21 heavy (non-hydrogen) atoms. The first-order chi connectivity index (χ1) is 10.1. The molecule has 3 rings (SSSR count). The molecule has 0 spiro atoms. The molecule has 3 aromatic rings. The lowest BCUT2D eigenvalue weighted by atomic mass is 10.1. The van der Waals surface area contributed by atoms with Crippen molar-refractivity contribution in [3.8, 4) is 5.69 Å². The number of rotatable bonds is 3. The summed E-state index contributed by atoms with van der Waals surface area (Å²) in [5, 5.41) is 0. The van der Waals surface area contributed by atoms with Crippen LogP contribution in [0.2, 0.25) is 0 Å². The van der Waals surface area contributed by atoms with Crippen LogP contribution < -0.4 is 0 Å². The molecule has 1 N–H and O–H groups in total. The molecule has 2 aromatic carbocycles. The average Bonchev–Trinajstić information content (AvgIpc) is 2.76. The number of fused-ring (bicyclic) bond motifs is 1. The summed E-state index contributed by atoms with van der Waals surface area (Å²) >= 11 is 5.45. The molecule has 0 saturated carbocycles. The van der Waals surface area contributed by atoms with Gasteiger partial charge >= 0.3 is 0 Å². The van der Waals surface area contributed by atoms with Gasteiger partial charge in [0, 0.05) is 0 Å². The Morgan fingerprint density at radius 3 is 2.76 bits per heavy atom. The number of para-hydroxylation sites is 1. The lowest BCUT2D eigenvalue weighted by Crippen LogP contribution is -2.00. The van der Waals surface area contributed by atoms with Gasteiger partial charge in [0.2, 0.25) is 0 Å². The topological polar surface area (TPSA) is 20.7 Å². The molecule has 0 aliphatic rings. The summed E-state index contributed by atoms with van der Waals surface area (Å²) in [7, 11) is 0. The van der Waals surface area contributed by atoms with E-state index in [4.69, 9.17) is 12.2 Å². The Hall–Kier alpha value is -1.94. The largest absolute Gasteiger partial charge is 0.330 e. The van der Waals surface area contributed by atoms with Crippen LogP contribution >= 0.6 is 12.2 Å². The molecule has 0 aliphatic heterocycles. The highest BCUT2D eigenvalue weighted by atomic mass is 32.1. The van der Waals surface area contributed by atoms with Crippen LogP contribution in [0.1, 0.15) is 24.5 Å². The highest BCUT2D eigenvalue weighted by Crippen LogP contribution is 2.25. The number of hydrogen-bond acceptors (Lipinski definition) is 1. The van der Waals surface area contributed by atoms with E-state index >= 15 is 0 Å². The van der Waals surface area contributed by atoms with Gasteiger partial charge in [0.1, 0.15) is 5.82 Å². The quantitative estimate of drug-likeness (QED) is 0.668. The summed E-state index contributed by atoms with van der Waals surface area (Å²) in [6.07, 6.45) is 2.06. The van der Waals surface area contributed by atoms with Crippen LogP contribution in [0.15, 0.2) is 36.4 Å². The number of nitrogens with zero attached hydrogens (tertiary/aromatic N) is 1. The summed E-state index contributed by atoms with van der Waals surface area (Å²) in [6.45, 7) is 3.93. The monoisotopic (exact) mass is 300 g/mol. The van der Waals surface area contributed by atoms with Crippen LogP contribution in [-0.2, 0) is 6.42 Å². The molecular formula is C17H17FN2S. The van der Waals surface area contributed by atoms with E-state index in [1.807, 2.05) is 22.8 Å². The van der Waals surface area contributed by atoms with E-state index in [9.17, 15) is 4.39 Å². The summed E-state index contributed by atoms with van der Waals surface area (Å²) in [4.78, 5) is 3.10. The maximum atomic E-state index is 13.7. The van der Waals surface area contributed by atoms with Gasteiger partial charge in [-0.15, -0.1) is 0 Å². The van der Waals surface area contributed by atoms with E-state index in [0.717, 1.165) is 29.6 Å². The van der Waals surface area contributed by atoms with Crippen LogP contribution in [0, 0.1) is 17.5 Å². The highest BCUT2D eigenvalue weighted by molar-refractivity contribution is 7.71. The van der Waals surface area contributed by atoms with Crippen molar-refractivity contribution in [2.75, 3.05) is 0 Å². The Morgan fingerprint density at radius 1 is 1.24 bits per heavy atom. The number of halogens is 1. The zero-order valence-corrected chi connectivity index (χ0v) is 12.9. The Morgan fingerprint density at radius 2 is 2.00 bits per heavy atom. The van der Waals surface area contributed by atoms with Gasteiger partial charge in [-0.2, -0.15) is 0 Å². The van der Waals surface area contributed by atoms with E-state index in [2.05, 4.69) is 24.0 Å². The molecule has 0 amide bonds. The maximum absolute atomic E-state index is 13.7. The van der Waals surface area contributed by atoms with Gasteiger partial charge < -0.3 is 4.98 Å². The van der Waals surface area contributed by atoms with Crippen LogP contribution in [0.5, 0.6) is 0 Å². The molecule has 0 atom stereocenters. The van der Waals surface area contributed by atoms with Crippen molar-refractivity contribution in [3.63, 3.8) is 0 Å². The number of aryl methyl sites for hydroxylation is 2. The van der Waals surface area contributed by atoms with Gasteiger partial charge in [-0.25, -0.2) is 4.39 Å². The van der Waals surface area contributed by atoms with E-state index in [1.165, 1.54) is 11.6 Å². The molecule has 2 nitrogen and oxygen atoms in total. The lowest BCUT2D eigenvalue weighted by Gasteiger charge is -2.11. The van der Waals surface area contributed by atoms with Crippen LogP contribution in [-0.4, -0.2) is 9.55 Å². The van der Waals surface area contributed by atoms with Crippen molar-refractivity contribution in [2.24, 2.45) is 0 Å². The molecule has 0 radical (unpaired) electrons. The minimum atomic E-state index is -0.215. The van der Waals surface area contributed by atoms with Gasteiger partial charge in [-0.3, -0.25) is 4.57 Å². The van der Waals surface area contributed by atoms with E-state index in [0.29, 0.717) is 10.3 Å². The van der Waals surface area contributed by atoms with Crippen molar-refractivity contribution >= 4 is 23.3 Å². The number of nitrogens with one attached hydrogen (secondary N) is 1. The van der Waals surface area contributed by atoms with Crippen molar-refractivity contribution < 1.29 is 4.39 Å². The Bertz CT molecular complexity index is 861. The first kappa shape index (κ1) is 14.0. The van der Waals surface area contributed by atoms with Crippen molar-refractivity contribution in [3.05, 3.63) is 58.1 Å². The molecule has 0 fully saturated rings. The number of benzene rings is 2. The molecule has 4 heteroatoms. The zero-order chi connectivity index (χ0) is 15.0. The predicted molar refractivity (Wildman–Crippen MR) is 87.1 cm³/mol. The number of imidazole rings is 1. The molecule has 108 valence electrons. The smallest absolute Gasteiger partial charge is 0.182 e. The molecule has 0 unspecified atom stereocenters. The third kappa shape index (κ3) is 2.40. The minimum absolute atomic E-state index is 0.215. The third-order valence-corrected chi connectivity index (χ3v) is 4.00. The Kier molecular flexibility index (Phi) is 3.64. The van der Waals surface area contributed by atoms with Gasteiger partial charge in [-0.05, 0) is 54.9 Å². The minimum Gasteiger partial charge on any atom is -0.330 e. The van der Waals surface area contributed by atoms with Gasteiger partial charge in [0.25, 0.3) is 0 Å². The first-order valence-corrected chi connectivity index (χ1v) is 7.51. The average molecular weight is 300 g/mol. The number of aromatic amines is 1. The normalized spacial score (nSPS) is 11.2. The zero-order valence-electron chi connectivity index (χ0n) is 12.1. The first-order valence-electron chi connectivity index (χ1n) is 7.11. The number of H-pyrrole nitrogens is 1. The van der Waals surface area contributed by atoms with Crippen molar-refractivity contribution in [1.29, 1.82) is 0 Å². The second-order valence-electron chi connectivity index (χ2n) is 5.26. The molecule has 0 bridgehead atoms. The van der Waals surface area contributed by atoms with Gasteiger partial charge in [0.05, 0.1) is 16.7 Å². The molecular weight excluding hydrogens is 283 g/mol.